The lowest BCUT2D eigenvalue weighted by Crippen LogP contribution is -2.08. The SMILES string of the molecule is CCC(N)c1nnc(-c2ccc3ncccc3c2)o1. The molecule has 5 heteroatoms. The third-order valence-electron chi connectivity index (χ3n) is 3.05. The molecule has 0 radical (unpaired) electrons. The Morgan fingerprint density at radius 2 is 2.16 bits per heavy atom. The standard InChI is InChI=1S/C14H14N4O/c1-2-11(15)14-18-17-13(19-14)10-5-6-12-9(8-10)4-3-7-16-12/h3-8,11H,2,15H2,1H3. The quantitative estimate of drug-likeness (QED) is 0.777. The summed E-state index contributed by atoms with van der Waals surface area (Å²) in [7, 11) is 0. The molecule has 0 spiro atoms. The monoisotopic (exact) mass is 254 g/mol. The van der Waals surface area contributed by atoms with Gasteiger partial charge in [-0.2, -0.15) is 0 Å². The van der Waals surface area contributed by atoms with Crippen molar-refractivity contribution in [3.8, 4) is 11.5 Å². The lowest BCUT2D eigenvalue weighted by molar-refractivity contribution is 0.452. The molecule has 2 aromatic heterocycles. The van der Waals surface area contributed by atoms with Crippen molar-refractivity contribution in [2.45, 2.75) is 19.4 Å². The molecule has 3 aromatic rings. The van der Waals surface area contributed by atoms with Gasteiger partial charge in [-0.3, -0.25) is 4.98 Å². The second kappa shape index (κ2) is 4.78. The average Bonchev–Trinajstić information content (AvgIpc) is 2.95. The van der Waals surface area contributed by atoms with Gasteiger partial charge in [0.05, 0.1) is 11.6 Å². The molecule has 0 aliphatic heterocycles. The molecular formula is C14H14N4O. The van der Waals surface area contributed by atoms with Crippen LogP contribution in [0.4, 0.5) is 0 Å². The zero-order valence-corrected chi connectivity index (χ0v) is 10.6. The number of hydrogen-bond acceptors (Lipinski definition) is 5. The molecule has 0 amide bonds. The van der Waals surface area contributed by atoms with Gasteiger partial charge in [-0.15, -0.1) is 10.2 Å². The van der Waals surface area contributed by atoms with Gasteiger partial charge in [0.25, 0.3) is 0 Å². The highest BCUT2D eigenvalue weighted by molar-refractivity contribution is 5.82. The van der Waals surface area contributed by atoms with E-state index in [1.54, 1.807) is 6.20 Å². The first-order valence-electron chi connectivity index (χ1n) is 6.22. The Morgan fingerprint density at radius 1 is 1.26 bits per heavy atom. The minimum Gasteiger partial charge on any atom is -0.419 e. The Morgan fingerprint density at radius 3 is 3.00 bits per heavy atom. The predicted molar refractivity (Wildman–Crippen MR) is 72.3 cm³/mol. The van der Waals surface area contributed by atoms with Gasteiger partial charge in [0.2, 0.25) is 11.8 Å². The van der Waals surface area contributed by atoms with Gasteiger partial charge >= 0.3 is 0 Å². The molecule has 1 unspecified atom stereocenters. The molecule has 1 atom stereocenters. The van der Waals surface area contributed by atoms with E-state index in [-0.39, 0.29) is 6.04 Å². The Balaban J connectivity index is 2.01. The van der Waals surface area contributed by atoms with Crippen LogP contribution in [0.5, 0.6) is 0 Å². The van der Waals surface area contributed by atoms with Crippen molar-refractivity contribution in [3.63, 3.8) is 0 Å². The Labute approximate surface area is 110 Å². The van der Waals surface area contributed by atoms with E-state index in [0.717, 1.165) is 22.9 Å². The maximum absolute atomic E-state index is 5.87. The third kappa shape index (κ3) is 2.20. The summed E-state index contributed by atoms with van der Waals surface area (Å²) in [4.78, 5) is 4.28. The number of hydrogen-bond donors (Lipinski definition) is 1. The van der Waals surface area contributed by atoms with Crippen LogP contribution in [0.25, 0.3) is 22.4 Å². The predicted octanol–water partition coefficient (Wildman–Crippen LogP) is 2.69. The molecule has 1 aromatic carbocycles. The summed E-state index contributed by atoms with van der Waals surface area (Å²) in [5.41, 5.74) is 7.69. The van der Waals surface area contributed by atoms with Crippen LogP contribution >= 0.6 is 0 Å². The van der Waals surface area contributed by atoms with E-state index in [1.807, 2.05) is 37.3 Å². The number of fused-ring (bicyclic) bond motifs is 1. The fraction of sp³-hybridized carbons (Fsp3) is 0.214. The zero-order chi connectivity index (χ0) is 13.2. The van der Waals surface area contributed by atoms with Crippen molar-refractivity contribution in [1.29, 1.82) is 0 Å². The molecule has 0 bridgehead atoms. The minimum absolute atomic E-state index is 0.205. The van der Waals surface area contributed by atoms with Crippen molar-refractivity contribution < 1.29 is 4.42 Å². The van der Waals surface area contributed by atoms with Crippen LogP contribution in [0.15, 0.2) is 40.9 Å². The molecule has 2 N–H and O–H groups in total. The summed E-state index contributed by atoms with van der Waals surface area (Å²) in [6.45, 7) is 1.98. The van der Waals surface area contributed by atoms with Crippen LogP contribution in [0, 0.1) is 0 Å². The minimum atomic E-state index is -0.205. The molecule has 0 saturated carbocycles. The Bertz CT molecular complexity index is 707. The fourth-order valence-electron chi connectivity index (χ4n) is 1.88. The van der Waals surface area contributed by atoms with Crippen molar-refractivity contribution in [3.05, 3.63) is 42.4 Å². The summed E-state index contributed by atoms with van der Waals surface area (Å²) < 4.78 is 5.60. The molecule has 0 saturated heterocycles. The Hall–Kier alpha value is -2.27. The molecule has 19 heavy (non-hydrogen) atoms. The molecular weight excluding hydrogens is 240 g/mol. The van der Waals surface area contributed by atoms with E-state index in [2.05, 4.69) is 15.2 Å². The smallest absolute Gasteiger partial charge is 0.247 e. The highest BCUT2D eigenvalue weighted by Gasteiger charge is 2.13. The van der Waals surface area contributed by atoms with Crippen molar-refractivity contribution in [2.75, 3.05) is 0 Å². The van der Waals surface area contributed by atoms with E-state index in [4.69, 9.17) is 10.2 Å². The second-order valence-corrected chi connectivity index (χ2v) is 4.37. The van der Waals surface area contributed by atoms with E-state index in [9.17, 15) is 0 Å². The number of benzene rings is 1. The van der Waals surface area contributed by atoms with Gasteiger partial charge in [0, 0.05) is 17.1 Å². The maximum atomic E-state index is 5.87. The first-order chi connectivity index (χ1) is 9.28. The third-order valence-corrected chi connectivity index (χ3v) is 3.05. The maximum Gasteiger partial charge on any atom is 0.247 e. The van der Waals surface area contributed by atoms with Gasteiger partial charge in [-0.05, 0) is 30.7 Å². The highest BCUT2D eigenvalue weighted by Crippen LogP contribution is 2.24. The number of aromatic nitrogens is 3. The molecule has 2 heterocycles. The lowest BCUT2D eigenvalue weighted by Gasteiger charge is -2.01. The first kappa shape index (κ1) is 11.8. The second-order valence-electron chi connectivity index (χ2n) is 4.37. The zero-order valence-electron chi connectivity index (χ0n) is 10.6. The van der Waals surface area contributed by atoms with Crippen LogP contribution in [-0.2, 0) is 0 Å². The lowest BCUT2D eigenvalue weighted by atomic mass is 10.1. The molecule has 5 nitrogen and oxygen atoms in total. The molecule has 96 valence electrons. The van der Waals surface area contributed by atoms with Gasteiger partial charge in [0.15, 0.2) is 0 Å². The molecule has 0 fully saturated rings. The fourth-order valence-corrected chi connectivity index (χ4v) is 1.88. The average molecular weight is 254 g/mol. The molecule has 0 aliphatic rings. The van der Waals surface area contributed by atoms with E-state index in [1.165, 1.54) is 0 Å². The summed E-state index contributed by atoms with van der Waals surface area (Å²) >= 11 is 0. The van der Waals surface area contributed by atoms with Gasteiger partial charge in [-0.1, -0.05) is 13.0 Å². The molecule has 0 aliphatic carbocycles. The van der Waals surface area contributed by atoms with Crippen LogP contribution < -0.4 is 5.73 Å². The molecule has 3 rings (SSSR count). The highest BCUT2D eigenvalue weighted by atomic mass is 16.4. The summed E-state index contributed by atoms with van der Waals surface area (Å²) in [6.07, 6.45) is 2.54. The van der Waals surface area contributed by atoms with Crippen LogP contribution in [0.1, 0.15) is 25.3 Å². The normalized spacial score (nSPS) is 12.7. The summed E-state index contributed by atoms with van der Waals surface area (Å²) in [5, 5.41) is 9.07. The van der Waals surface area contributed by atoms with Crippen molar-refractivity contribution in [1.82, 2.24) is 15.2 Å². The van der Waals surface area contributed by atoms with Crippen LogP contribution in [0.2, 0.25) is 0 Å². The van der Waals surface area contributed by atoms with E-state index < -0.39 is 0 Å². The number of rotatable bonds is 3. The number of pyridine rings is 1. The largest absolute Gasteiger partial charge is 0.419 e. The van der Waals surface area contributed by atoms with Gasteiger partial charge in [0.1, 0.15) is 0 Å². The van der Waals surface area contributed by atoms with Crippen molar-refractivity contribution in [2.24, 2.45) is 5.73 Å². The topological polar surface area (TPSA) is 77.8 Å². The van der Waals surface area contributed by atoms with E-state index in [0.29, 0.717) is 11.8 Å². The first-order valence-corrected chi connectivity index (χ1v) is 6.22. The van der Waals surface area contributed by atoms with Crippen molar-refractivity contribution >= 4 is 10.9 Å². The van der Waals surface area contributed by atoms with E-state index >= 15 is 0 Å². The van der Waals surface area contributed by atoms with Gasteiger partial charge in [-0.25, -0.2) is 0 Å². The number of nitrogens with two attached hydrogens (primary N) is 1. The Kier molecular flexibility index (Phi) is 2.97. The number of nitrogens with zero attached hydrogens (tertiary/aromatic N) is 3. The van der Waals surface area contributed by atoms with Crippen LogP contribution in [0.3, 0.4) is 0 Å². The van der Waals surface area contributed by atoms with Crippen LogP contribution in [-0.4, -0.2) is 15.2 Å². The summed E-state index contributed by atoms with van der Waals surface area (Å²) in [5.74, 6) is 0.966. The van der Waals surface area contributed by atoms with Gasteiger partial charge < -0.3 is 10.2 Å². The summed E-state index contributed by atoms with van der Waals surface area (Å²) in [6, 6.07) is 9.54.